The Morgan fingerprint density at radius 2 is 2.37 bits per heavy atom. The lowest BCUT2D eigenvalue weighted by atomic mass is 10.2. The predicted molar refractivity (Wildman–Crippen MR) is 82.5 cm³/mol. The first-order valence-electron chi connectivity index (χ1n) is 6.67. The fourth-order valence-corrected chi connectivity index (χ4v) is 4.57. The Morgan fingerprint density at radius 1 is 1.58 bits per heavy atom. The van der Waals surface area contributed by atoms with Crippen LogP contribution < -0.4 is 4.74 Å². The fraction of sp³-hybridized carbons (Fsp3) is 0.643. The van der Waals surface area contributed by atoms with Crippen molar-refractivity contribution < 1.29 is 9.53 Å². The normalized spacial score (nSPS) is 22.5. The maximum Gasteiger partial charge on any atom is 0.267 e. The molecule has 1 amide bonds. The number of methoxy groups -OCH3 is 1. The molecule has 0 bridgehead atoms. The van der Waals surface area contributed by atoms with Gasteiger partial charge in [-0.2, -0.15) is 11.8 Å². The van der Waals surface area contributed by atoms with E-state index in [1.807, 2.05) is 35.2 Å². The number of hydrogen-bond acceptors (Lipinski definition) is 4. The second-order valence-corrected chi connectivity index (χ2v) is 7.27. The number of thiophene rings is 1. The van der Waals surface area contributed by atoms with Crippen LogP contribution in [-0.2, 0) is 0 Å². The minimum Gasteiger partial charge on any atom is -0.495 e. The van der Waals surface area contributed by atoms with Crippen LogP contribution in [0.4, 0.5) is 0 Å². The van der Waals surface area contributed by atoms with E-state index in [-0.39, 0.29) is 5.91 Å². The molecule has 106 valence electrons. The maximum absolute atomic E-state index is 12.5. The summed E-state index contributed by atoms with van der Waals surface area (Å²) in [6.07, 6.45) is 3.46. The lowest BCUT2D eigenvalue weighted by molar-refractivity contribution is 0.0737. The number of carbonyl (C=O) groups is 1. The van der Waals surface area contributed by atoms with Crippen LogP contribution in [0.5, 0.6) is 5.75 Å². The van der Waals surface area contributed by atoms with Crippen LogP contribution in [0.2, 0.25) is 0 Å². The Morgan fingerprint density at radius 3 is 3.05 bits per heavy atom. The Bertz CT molecular complexity index is 433. The van der Waals surface area contributed by atoms with Crippen molar-refractivity contribution in [1.29, 1.82) is 0 Å². The van der Waals surface area contributed by atoms with E-state index in [1.54, 1.807) is 7.11 Å². The highest BCUT2D eigenvalue weighted by Crippen LogP contribution is 2.34. The summed E-state index contributed by atoms with van der Waals surface area (Å²) in [6, 6.07) is 2.24. The molecule has 2 atom stereocenters. The first kappa shape index (κ1) is 14.7. The Labute approximate surface area is 123 Å². The molecule has 0 spiro atoms. The van der Waals surface area contributed by atoms with Gasteiger partial charge in [-0.05, 0) is 36.5 Å². The molecule has 2 rings (SSSR count). The number of hydrogen-bond donors (Lipinski definition) is 0. The number of ether oxygens (including phenoxy) is 1. The summed E-state index contributed by atoms with van der Waals surface area (Å²) in [5.41, 5.74) is 0. The summed E-state index contributed by atoms with van der Waals surface area (Å²) in [5, 5.41) is 2.63. The average Bonchev–Trinajstić information content (AvgIpc) is 3.05. The molecule has 1 saturated carbocycles. The number of carbonyl (C=O) groups excluding carboxylic acids is 1. The van der Waals surface area contributed by atoms with E-state index in [0.29, 0.717) is 11.8 Å². The van der Waals surface area contributed by atoms with Crippen LogP contribution >= 0.6 is 23.1 Å². The predicted octanol–water partition coefficient (Wildman–Crippen LogP) is 3.50. The number of thioether (sulfide) groups is 1. The monoisotopic (exact) mass is 299 g/mol. The largest absolute Gasteiger partial charge is 0.495 e. The van der Waals surface area contributed by atoms with Gasteiger partial charge in [-0.3, -0.25) is 4.79 Å². The third-order valence-electron chi connectivity index (χ3n) is 3.67. The standard InChI is InChI=1S/C14H21NO2S2/c1-4-18-11-6-5-10(9-11)15(2)14(16)13-12(17-3)7-8-19-13/h7-8,10-11H,4-6,9H2,1-3H3/t10-,11-/m0/s1. The molecule has 19 heavy (non-hydrogen) atoms. The van der Waals surface area contributed by atoms with E-state index < -0.39 is 0 Å². The van der Waals surface area contributed by atoms with E-state index in [2.05, 4.69) is 6.92 Å². The van der Waals surface area contributed by atoms with E-state index in [9.17, 15) is 4.79 Å². The van der Waals surface area contributed by atoms with Gasteiger partial charge in [0.25, 0.3) is 5.91 Å². The number of rotatable bonds is 5. The van der Waals surface area contributed by atoms with Crippen molar-refractivity contribution in [2.75, 3.05) is 19.9 Å². The molecule has 1 aromatic heterocycles. The molecule has 0 aliphatic heterocycles. The molecule has 0 saturated heterocycles. The highest BCUT2D eigenvalue weighted by molar-refractivity contribution is 7.99. The van der Waals surface area contributed by atoms with Crippen LogP contribution in [0.1, 0.15) is 35.9 Å². The van der Waals surface area contributed by atoms with Gasteiger partial charge >= 0.3 is 0 Å². The highest BCUT2D eigenvalue weighted by atomic mass is 32.2. The third-order valence-corrected chi connectivity index (χ3v) is 5.79. The zero-order valence-corrected chi connectivity index (χ0v) is 13.4. The number of nitrogens with zero attached hydrogens (tertiary/aromatic N) is 1. The average molecular weight is 299 g/mol. The topological polar surface area (TPSA) is 29.5 Å². The fourth-order valence-electron chi connectivity index (χ4n) is 2.60. The molecule has 1 aliphatic rings. The van der Waals surface area contributed by atoms with Gasteiger partial charge in [-0.25, -0.2) is 0 Å². The van der Waals surface area contributed by atoms with Crippen LogP contribution in [0.15, 0.2) is 11.4 Å². The Balaban J connectivity index is 2.00. The summed E-state index contributed by atoms with van der Waals surface area (Å²) in [7, 11) is 3.54. The second-order valence-electron chi connectivity index (χ2n) is 4.78. The zero-order chi connectivity index (χ0) is 13.8. The maximum atomic E-state index is 12.5. The zero-order valence-electron chi connectivity index (χ0n) is 11.7. The smallest absolute Gasteiger partial charge is 0.267 e. The second kappa shape index (κ2) is 6.66. The van der Waals surface area contributed by atoms with E-state index in [1.165, 1.54) is 17.8 Å². The molecule has 0 radical (unpaired) electrons. The van der Waals surface area contributed by atoms with Crippen molar-refractivity contribution in [2.45, 2.75) is 37.5 Å². The quantitative estimate of drug-likeness (QED) is 0.833. The van der Waals surface area contributed by atoms with Gasteiger partial charge in [-0.15, -0.1) is 11.3 Å². The lowest BCUT2D eigenvalue weighted by Gasteiger charge is -2.24. The summed E-state index contributed by atoms with van der Waals surface area (Å²) in [4.78, 5) is 15.1. The Hall–Kier alpha value is -0.680. The van der Waals surface area contributed by atoms with Crippen LogP contribution in [0.25, 0.3) is 0 Å². The molecule has 1 aliphatic carbocycles. The van der Waals surface area contributed by atoms with Gasteiger partial charge in [0.05, 0.1) is 7.11 Å². The van der Waals surface area contributed by atoms with Gasteiger partial charge in [-0.1, -0.05) is 6.92 Å². The summed E-state index contributed by atoms with van der Waals surface area (Å²) >= 11 is 3.48. The van der Waals surface area contributed by atoms with Gasteiger partial charge < -0.3 is 9.64 Å². The molecule has 0 N–H and O–H groups in total. The molecule has 5 heteroatoms. The van der Waals surface area contributed by atoms with Crippen molar-refractivity contribution in [2.24, 2.45) is 0 Å². The summed E-state index contributed by atoms with van der Waals surface area (Å²) < 4.78 is 5.24. The van der Waals surface area contributed by atoms with E-state index in [4.69, 9.17) is 4.74 Å². The van der Waals surface area contributed by atoms with Crippen LogP contribution in [-0.4, -0.2) is 42.0 Å². The molecule has 1 fully saturated rings. The van der Waals surface area contributed by atoms with Gasteiger partial charge in [0, 0.05) is 18.3 Å². The molecule has 1 aromatic rings. The van der Waals surface area contributed by atoms with Crippen molar-refractivity contribution in [1.82, 2.24) is 4.90 Å². The first-order chi connectivity index (χ1) is 9.17. The van der Waals surface area contributed by atoms with Gasteiger partial charge in [0.15, 0.2) is 0 Å². The first-order valence-corrected chi connectivity index (χ1v) is 8.60. The minimum atomic E-state index is 0.0963. The molecule has 0 aromatic carbocycles. The summed E-state index contributed by atoms with van der Waals surface area (Å²) in [5.74, 6) is 1.95. The number of amides is 1. The van der Waals surface area contributed by atoms with Crippen LogP contribution in [0.3, 0.4) is 0 Å². The third kappa shape index (κ3) is 3.26. The van der Waals surface area contributed by atoms with Crippen molar-refractivity contribution in [3.8, 4) is 5.75 Å². The molecular formula is C14H21NO2S2. The minimum absolute atomic E-state index is 0.0963. The van der Waals surface area contributed by atoms with E-state index in [0.717, 1.165) is 28.7 Å². The highest BCUT2D eigenvalue weighted by Gasteiger charge is 2.31. The van der Waals surface area contributed by atoms with Gasteiger partial charge in [0.1, 0.15) is 10.6 Å². The van der Waals surface area contributed by atoms with Crippen molar-refractivity contribution >= 4 is 29.0 Å². The summed E-state index contributed by atoms with van der Waals surface area (Å²) in [6.45, 7) is 2.20. The molecule has 0 unspecified atom stereocenters. The molecule has 3 nitrogen and oxygen atoms in total. The van der Waals surface area contributed by atoms with Gasteiger partial charge in [0.2, 0.25) is 0 Å². The molecular weight excluding hydrogens is 278 g/mol. The van der Waals surface area contributed by atoms with Crippen molar-refractivity contribution in [3.05, 3.63) is 16.3 Å². The lowest BCUT2D eigenvalue weighted by Crippen LogP contribution is -2.35. The Kier molecular flexibility index (Phi) is 5.16. The SMILES string of the molecule is CCS[C@H]1CC[C@H](N(C)C(=O)c2sccc2OC)C1. The van der Waals surface area contributed by atoms with E-state index >= 15 is 0 Å². The van der Waals surface area contributed by atoms with Crippen LogP contribution in [0, 0.1) is 0 Å². The molecule has 1 heterocycles. The van der Waals surface area contributed by atoms with Crippen molar-refractivity contribution in [3.63, 3.8) is 0 Å².